The fourth-order valence-electron chi connectivity index (χ4n) is 3.53. The summed E-state index contributed by atoms with van der Waals surface area (Å²) in [7, 11) is 0. The van der Waals surface area contributed by atoms with Gasteiger partial charge < -0.3 is 10.1 Å². The van der Waals surface area contributed by atoms with Crippen LogP contribution in [0.25, 0.3) is 6.08 Å². The largest absolute Gasteiger partial charge is 0.482 e. The molecule has 3 aromatic rings. The quantitative estimate of drug-likeness (QED) is 0.331. The molecule has 3 aromatic carbocycles. The zero-order valence-corrected chi connectivity index (χ0v) is 21.8. The minimum atomic E-state index is -0.385. The van der Waals surface area contributed by atoms with E-state index in [0.29, 0.717) is 21.2 Å². The minimum Gasteiger partial charge on any atom is -0.482 e. The summed E-state index contributed by atoms with van der Waals surface area (Å²) in [5.74, 6) is -0.360. The molecular formula is C27H22Cl2N2O4S. The van der Waals surface area contributed by atoms with Crippen LogP contribution in [0.15, 0.2) is 65.6 Å². The molecule has 4 rings (SSSR count). The molecule has 1 N–H and O–H groups in total. The van der Waals surface area contributed by atoms with Crippen LogP contribution in [0.5, 0.6) is 5.75 Å². The maximum atomic E-state index is 12.8. The van der Waals surface area contributed by atoms with Crippen LogP contribution in [0, 0.1) is 13.8 Å². The first-order valence-electron chi connectivity index (χ1n) is 11.0. The third kappa shape index (κ3) is 6.29. The molecule has 0 aliphatic carbocycles. The number of rotatable bonds is 7. The Bertz CT molecular complexity index is 1390. The van der Waals surface area contributed by atoms with Gasteiger partial charge in [0, 0.05) is 10.7 Å². The number of hydrogen-bond donors (Lipinski definition) is 1. The molecule has 6 nitrogen and oxygen atoms in total. The van der Waals surface area contributed by atoms with Crippen LogP contribution >= 0.6 is 35.0 Å². The highest BCUT2D eigenvalue weighted by Crippen LogP contribution is 2.35. The number of imide groups is 1. The van der Waals surface area contributed by atoms with Crippen molar-refractivity contribution in [2.24, 2.45) is 0 Å². The fraction of sp³-hybridized carbons (Fsp3) is 0.148. The summed E-state index contributed by atoms with van der Waals surface area (Å²) in [5.41, 5.74) is 4.11. The van der Waals surface area contributed by atoms with E-state index in [2.05, 4.69) is 5.32 Å². The van der Waals surface area contributed by atoms with Crippen LogP contribution in [-0.4, -0.2) is 28.6 Å². The Morgan fingerprint density at radius 1 is 1.06 bits per heavy atom. The molecule has 1 aliphatic heterocycles. The number of carbonyl (C=O) groups is 3. The van der Waals surface area contributed by atoms with Gasteiger partial charge in [-0.05, 0) is 84.3 Å². The summed E-state index contributed by atoms with van der Waals surface area (Å²) in [6.45, 7) is 3.79. The second-order valence-corrected chi connectivity index (χ2v) is 10.1. The van der Waals surface area contributed by atoms with Gasteiger partial charge in [-0.2, -0.15) is 0 Å². The average molecular weight is 541 g/mol. The highest BCUT2D eigenvalue weighted by molar-refractivity contribution is 8.18. The van der Waals surface area contributed by atoms with Gasteiger partial charge in [0.05, 0.1) is 16.5 Å². The van der Waals surface area contributed by atoms with Crippen LogP contribution in [0.2, 0.25) is 10.0 Å². The topological polar surface area (TPSA) is 75.7 Å². The van der Waals surface area contributed by atoms with E-state index >= 15 is 0 Å². The Morgan fingerprint density at radius 2 is 1.86 bits per heavy atom. The lowest BCUT2D eigenvalue weighted by Crippen LogP contribution is -2.27. The van der Waals surface area contributed by atoms with Crippen LogP contribution < -0.4 is 10.1 Å². The van der Waals surface area contributed by atoms with Gasteiger partial charge in [0.2, 0.25) is 0 Å². The Labute approximate surface area is 223 Å². The number of anilines is 1. The number of thioether (sulfide) groups is 1. The van der Waals surface area contributed by atoms with E-state index in [-0.39, 0.29) is 35.2 Å². The van der Waals surface area contributed by atoms with Crippen molar-refractivity contribution in [1.29, 1.82) is 0 Å². The summed E-state index contributed by atoms with van der Waals surface area (Å²) in [6, 6.07) is 17.8. The van der Waals surface area contributed by atoms with Crippen molar-refractivity contribution in [3.8, 4) is 5.75 Å². The van der Waals surface area contributed by atoms with E-state index in [1.54, 1.807) is 48.5 Å². The lowest BCUT2D eigenvalue weighted by atomic mass is 10.1. The first-order chi connectivity index (χ1) is 17.2. The van der Waals surface area contributed by atoms with Gasteiger partial charge in [-0.25, -0.2) is 0 Å². The van der Waals surface area contributed by atoms with Gasteiger partial charge in [0.15, 0.2) is 6.61 Å². The van der Waals surface area contributed by atoms with Crippen molar-refractivity contribution in [2.75, 3.05) is 11.9 Å². The van der Waals surface area contributed by atoms with Crippen molar-refractivity contribution in [2.45, 2.75) is 20.4 Å². The number of aryl methyl sites for hydroxylation is 2. The molecule has 0 atom stereocenters. The second-order valence-electron chi connectivity index (χ2n) is 8.24. The maximum Gasteiger partial charge on any atom is 0.293 e. The van der Waals surface area contributed by atoms with Crippen molar-refractivity contribution >= 4 is 63.8 Å². The molecule has 184 valence electrons. The molecule has 3 amide bonds. The normalized spacial score (nSPS) is 14.4. The summed E-state index contributed by atoms with van der Waals surface area (Å²) in [6.07, 6.45) is 1.60. The van der Waals surface area contributed by atoms with Gasteiger partial charge in [-0.3, -0.25) is 19.3 Å². The zero-order valence-electron chi connectivity index (χ0n) is 19.5. The van der Waals surface area contributed by atoms with Crippen LogP contribution in [0.3, 0.4) is 0 Å². The number of carbonyl (C=O) groups excluding carboxylic acids is 3. The number of amides is 3. The van der Waals surface area contributed by atoms with Crippen LogP contribution in [0.1, 0.15) is 22.3 Å². The summed E-state index contributed by atoms with van der Waals surface area (Å²) < 4.78 is 5.59. The molecule has 0 saturated carbocycles. The van der Waals surface area contributed by atoms with Crippen molar-refractivity contribution < 1.29 is 19.1 Å². The van der Waals surface area contributed by atoms with Crippen molar-refractivity contribution in [1.82, 2.24) is 4.90 Å². The second kappa shape index (κ2) is 11.2. The van der Waals surface area contributed by atoms with Crippen LogP contribution in [0.4, 0.5) is 10.5 Å². The third-order valence-electron chi connectivity index (χ3n) is 5.38. The molecule has 1 aliphatic rings. The molecule has 0 unspecified atom stereocenters. The molecule has 1 fully saturated rings. The Kier molecular flexibility index (Phi) is 8.04. The van der Waals surface area contributed by atoms with E-state index in [9.17, 15) is 14.4 Å². The van der Waals surface area contributed by atoms with E-state index in [0.717, 1.165) is 34.1 Å². The molecule has 0 bridgehead atoms. The van der Waals surface area contributed by atoms with Gasteiger partial charge >= 0.3 is 0 Å². The Hall–Kier alpha value is -3.26. The summed E-state index contributed by atoms with van der Waals surface area (Å²) in [5, 5.41) is 3.29. The van der Waals surface area contributed by atoms with E-state index in [4.69, 9.17) is 27.9 Å². The molecule has 0 aromatic heterocycles. The smallest absolute Gasteiger partial charge is 0.293 e. The summed E-state index contributed by atoms with van der Waals surface area (Å²) in [4.78, 5) is 39.0. The predicted octanol–water partition coefficient (Wildman–Crippen LogP) is 6.86. The van der Waals surface area contributed by atoms with Crippen molar-refractivity contribution in [3.05, 3.63) is 97.9 Å². The van der Waals surface area contributed by atoms with Gasteiger partial charge in [-0.1, -0.05) is 53.5 Å². The molecule has 9 heteroatoms. The number of nitrogens with one attached hydrogen (secondary N) is 1. The number of hydrogen-bond acceptors (Lipinski definition) is 5. The highest BCUT2D eigenvalue weighted by atomic mass is 35.5. The molecule has 36 heavy (non-hydrogen) atoms. The van der Waals surface area contributed by atoms with Gasteiger partial charge in [-0.15, -0.1) is 0 Å². The van der Waals surface area contributed by atoms with Gasteiger partial charge in [0.1, 0.15) is 5.75 Å². The first kappa shape index (κ1) is 25.8. The highest BCUT2D eigenvalue weighted by Gasteiger charge is 2.35. The van der Waals surface area contributed by atoms with Crippen molar-refractivity contribution in [3.63, 3.8) is 0 Å². The number of halogens is 2. The number of benzene rings is 3. The number of nitrogens with zero attached hydrogens (tertiary/aromatic N) is 1. The lowest BCUT2D eigenvalue weighted by Gasteiger charge is -2.12. The molecule has 1 saturated heterocycles. The summed E-state index contributed by atoms with van der Waals surface area (Å²) >= 11 is 13.2. The first-order valence-corrected chi connectivity index (χ1v) is 12.6. The Morgan fingerprint density at radius 3 is 2.61 bits per heavy atom. The molecule has 1 heterocycles. The SMILES string of the molecule is Cc1ccc(C)c(NC(=O)COc2ccc(/C=C3\SC(=O)N(Cc4cccc(Cl)c4)C3=O)cc2Cl)c1. The van der Waals surface area contributed by atoms with E-state index in [1.165, 1.54) is 4.90 Å². The van der Waals surface area contributed by atoms with Crippen LogP contribution in [-0.2, 0) is 16.1 Å². The molecule has 0 spiro atoms. The van der Waals surface area contributed by atoms with E-state index < -0.39 is 0 Å². The number of ether oxygens (including phenoxy) is 1. The fourth-order valence-corrected chi connectivity index (χ4v) is 4.82. The standard InChI is InChI=1S/C27H22Cl2N2O4S/c1-16-6-7-17(2)22(10-16)30-25(32)15-35-23-9-8-18(12-21(23)29)13-24-26(33)31(27(34)36-24)14-19-4-3-5-20(28)11-19/h3-13H,14-15H2,1-2H3,(H,30,32)/b24-13-. The maximum absolute atomic E-state index is 12.8. The monoisotopic (exact) mass is 540 g/mol. The third-order valence-corrected chi connectivity index (χ3v) is 6.82. The lowest BCUT2D eigenvalue weighted by molar-refractivity contribution is -0.123. The van der Waals surface area contributed by atoms with Gasteiger partial charge in [0.25, 0.3) is 17.1 Å². The average Bonchev–Trinajstić information content (AvgIpc) is 3.08. The van der Waals surface area contributed by atoms with E-state index in [1.807, 2.05) is 32.0 Å². The predicted molar refractivity (Wildman–Crippen MR) is 144 cm³/mol. The molecule has 0 radical (unpaired) electrons. The molecular weight excluding hydrogens is 519 g/mol. The minimum absolute atomic E-state index is 0.139. The zero-order chi connectivity index (χ0) is 25.8. The Balaban J connectivity index is 1.39.